The van der Waals surface area contributed by atoms with Crippen LogP contribution in [0.4, 0.5) is 11.4 Å². The van der Waals surface area contributed by atoms with Gasteiger partial charge in [0.05, 0.1) is 22.7 Å². The van der Waals surface area contributed by atoms with E-state index < -0.39 is 4.92 Å². The van der Waals surface area contributed by atoms with Gasteiger partial charge >= 0.3 is 0 Å². The van der Waals surface area contributed by atoms with Gasteiger partial charge in [0.15, 0.2) is 0 Å². The predicted octanol–water partition coefficient (Wildman–Crippen LogP) is 2.82. The maximum absolute atomic E-state index is 13.2. The van der Waals surface area contributed by atoms with E-state index in [0.29, 0.717) is 18.2 Å². The smallest absolute Gasteiger partial charge is 0.270 e. The Balaban J connectivity index is 2.33. The first-order valence-corrected chi connectivity index (χ1v) is 9.85. The van der Waals surface area contributed by atoms with Crippen LogP contribution in [0.15, 0.2) is 18.2 Å². The summed E-state index contributed by atoms with van der Waals surface area (Å²) in [5, 5.41) is 14.0. The number of nitrogens with one attached hydrogen (secondary N) is 1. The van der Waals surface area contributed by atoms with Crippen LogP contribution in [0, 0.1) is 16.0 Å². The first-order chi connectivity index (χ1) is 13.2. The normalized spacial score (nSPS) is 14.8. The topological polar surface area (TPSA) is 95.8 Å². The van der Waals surface area contributed by atoms with Gasteiger partial charge in [-0.05, 0) is 45.6 Å². The molecule has 28 heavy (non-hydrogen) atoms. The summed E-state index contributed by atoms with van der Waals surface area (Å²) >= 11 is 0. The van der Waals surface area contributed by atoms with E-state index in [4.69, 9.17) is 0 Å². The van der Waals surface area contributed by atoms with Gasteiger partial charge in [-0.2, -0.15) is 0 Å². The SMILES string of the molecule is CCN(CC(=O)NC(C)C)C(=O)c1cc([N+](=O)[O-])ccc1N1CCC(C)CC1. The summed E-state index contributed by atoms with van der Waals surface area (Å²) in [6.07, 6.45) is 2.03. The highest BCUT2D eigenvalue weighted by atomic mass is 16.6. The van der Waals surface area contributed by atoms with Gasteiger partial charge in [-0.25, -0.2) is 0 Å². The summed E-state index contributed by atoms with van der Waals surface area (Å²) in [6, 6.07) is 4.40. The van der Waals surface area contributed by atoms with Crippen molar-refractivity contribution in [3.05, 3.63) is 33.9 Å². The number of non-ortho nitro benzene ring substituents is 1. The lowest BCUT2D eigenvalue weighted by Gasteiger charge is -2.34. The number of nitrogens with zero attached hydrogens (tertiary/aromatic N) is 3. The van der Waals surface area contributed by atoms with E-state index in [9.17, 15) is 19.7 Å². The summed E-state index contributed by atoms with van der Waals surface area (Å²) in [7, 11) is 0. The number of rotatable bonds is 7. The molecule has 1 aliphatic rings. The van der Waals surface area contributed by atoms with Crippen LogP contribution in [-0.4, -0.2) is 53.9 Å². The molecule has 1 aliphatic heterocycles. The van der Waals surface area contributed by atoms with Crippen LogP contribution in [0.1, 0.15) is 50.9 Å². The van der Waals surface area contributed by atoms with Gasteiger partial charge in [-0.15, -0.1) is 0 Å². The van der Waals surface area contributed by atoms with E-state index >= 15 is 0 Å². The van der Waals surface area contributed by atoms with Crippen molar-refractivity contribution >= 4 is 23.2 Å². The van der Waals surface area contributed by atoms with Gasteiger partial charge < -0.3 is 15.1 Å². The Bertz CT molecular complexity index is 727. The third-order valence-corrected chi connectivity index (χ3v) is 5.00. The first kappa shape index (κ1) is 21.7. The minimum absolute atomic E-state index is 0.0231. The maximum atomic E-state index is 13.2. The lowest BCUT2D eigenvalue weighted by molar-refractivity contribution is -0.384. The fraction of sp³-hybridized carbons (Fsp3) is 0.600. The van der Waals surface area contributed by atoms with Crippen molar-refractivity contribution in [1.29, 1.82) is 0 Å². The summed E-state index contributed by atoms with van der Waals surface area (Å²) in [4.78, 5) is 39.6. The Labute approximate surface area is 166 Å². The van der Waals surface area contributed by atoms with E-state index in [0.717, 1.165) is 25.9 Å². The summed E-state index contributed by atoms with van der Waals surface area (Å²) in [5.41, 5.74) is 0.855. The monoisotopic (exact) mass is 390 g/mol. The Morgan fingerprint density at radius 3 is 2.50 bits per heavy atom. The van der Waals surface area contributed by atoms with E-state index in [-0.39, 0.29) is 35.7 Å². The van der Waals surface area contributed by atoms with Crippen LogP contribution in [-0.2, 0) is 4.79 Å². The molecule has 8 nitrogen and oxygen atoms in total. The standard InChI is InChI=1S/C20H30N4O4/c1-5-22(13-19(25)21-14(2)3)20(26)17-12-16(24(27)28)6-7-18(17)23-10-8-15(4)9-11-23/h6-7,12,14-15H,5,8-11,13H2,1-4H3,(H,21,25). The van der Waals surface area contributed by atoms with E-state index in [1.165, 1.54) is 17.0 Å². The van der Waals surface area contributed by atoms with Gasteiger partial charge in [0.1, 0.15) is 0 Å². The molecule has 0 aliphatic carbocycles. The van der Waals surface area contributed by atoms with Gasteiger partial charge in [0.25, 0.3) is 11.6 Å². The number of piperidine rings is 1. The van der Waals surface area contributed by atoms with Crippen molar-refractivity contribution in [3.8, 4) is 0 Å². The molecule has 1 N–H and O–H groups in total. The lowest BCUT2D eigenvalue weighted by Crippen LogP contribution is -2.43. The van der Waals surface area contributed by atoms with E-state index in [2.05, 4.69) is 17.1 Å². The number of hydrogen-bond donors (Lipinski definition) is 1. The minimum atomic E-state index is -0.499. The van der Waals surface area contributed by atoms with Gasteiger partial charge in [0, 0.05) is 37.8 Å². The molecule has 1 fully saturated rings. The maximum Gasteiger partial charge on any atom is 0.270 e. The van der Waals surface area contributed by atoms with Crippen molar-refractivity contribution in [2.75, 3.05) is 31.1 Å². The second-order valence-electron chi connectivity index (χ2n) is 7.67. The zero-order valence-corrected chi connectivity index (χ0v) is 17.1. The largest absolute Gasteiger partial charge is 0.371 e. The Kier molecular flexibility index (Phi) is 7.37. The number of nitro groups is 1. The van der Waals surface area contributed by atoms with Crippen LogP contribution in [0.3, 0.4) is 0 Å². The molecule has 1 aromatic carbocycles. The Hall–Kier alpha value is -2.64. The van der Waals surface area contributed by atoms with E-state index in [1.807, 2.05) is 13.8 Å². The summed E-state index contributed by atoms with van der Waals surface area (Å²) < 4.78 is 0. The molecule has 1 saturated heterocycles. The minimum Gasteiger partial charge on any atom is -0.371 e. The average Bonchev–Trinajstić information content (AvgIpc) is 2.65. The van der Waals surface area contributed by atoms with Crippen molar-refractivity contribution < 1.29 is 14.5 Å². The number of nitro benzene ring substituents is 1. The molecule has 0 unspecified atom stereocenters. The number of hydrogen-bond acceptors (Lipinski definition) is 5. The highest BCUT2D eigenvalue weighted by Gasteiger charge is 2.26. The van der Waals surface area contributed by atoms with Gasteiger partial charge in [0.2, 0.25) is 5.91 Å². The quantitative estimate of drug-likeness (QED) is 0.570. The zero-order valence-electron chi connectivity index (χ0n) is 17.1. The molecule has 0 atom stereocenters. The number of carbonyl (C=O) groups excluding carboxylic acids is 2. The second-order valence-corrected chi connectivity index (χ2v) is 7.67. The summed E-state index contributed by atoms with van der Waals surface area (Å²) in [6.45, 7) is 9.57. The fourth-order valence-corrected chi connectivity index (χ4v) is 3.37. The third-order valence-electron chi connectivity index (χ3n) is 5.00. The Morgan fingerprint density at radius 2 is 1.96 bits per heavy atom. The molecule has 154 valence electrons. The second kappa shape index (κ2) is 9.52. The molecular formula is C20H30N4O4. The number of anilines is 1. The molecule has 8 heteroatoms. The van der Waals surface area contributed by atoms with Crippen molar-refractivity contribution in [1.82, 2.24) is 10.2 Å². The molecule has 0 radical (unpaired) electrons. The zero-order chi connectivity index (χ0) is 20.8. The number of amides is 2. The average molecular weight is 390 g/mol. The van der Waals surface area contributed by atoms with Crippen molar-refractivity contribution in [3.63, 3.8) is 0 Å². The molecule has 2 rings (SSSR count). The molecule has 2 amide bonds. The van der Waals surface area contributed by atoms with Crippen molar-refractivity contribution in [2.45, 2.75) is 46.6 Å². The number of carbonyl (C=O) groups is 2. The predicted molar refractivity (Wildman–Crippen MR) is 109 cm³/mol. The number of likely N-dealkylation sites (N-methyl/N-ethyl adjacent to an activating group) is 1. The highest BCUT2D eigenvalue weighted by Crippen LogP contribution is 2.30. The molecular weight excluding hydrogens is 360 g/mol. The molecule has 0 spiro atoms. The molecule has 1 heterocycles. The van der Waals surface area contributed by atoms with Gasteiger partial charge in [-0.3, -0.25) is 19.7 Å². The lowest BCUT2D eigenvalue weighted by atomic mass is 9.97. The van der Waals surface area contributed by atoms with Crippen LogP contribution < -0.4 is 10.2 Å². The summed E-state index contributed by atoms with van der Waals surface area (Å²) in [5.74, 6) is 0.0167. The van der Waals surface area contributed by atoms with Crippen molar-refractivity contribution in [2.24, 2.45) is 5.92 Å². The van der Waals surface area contributed by atoms with Crippen LogP contribution in [0.2, 0.25) is 0 Å². The molecule has 1 aromatic rings. The molecule has 0 aromatic heterocycles. The third kappa shape index (κ3) is 5.43. The first-order valence-electron chi connectivity index (χ1n) is 9.85. The van der Waals surface area contributed by atoms with E-state index in [1.54, 1.807) is 13.0 Å². The highest BCUT2D eigenvalue weighted by molar-refractivity contribution is 6.02. The van der Waals surface area contributed by atoms with Gasteiger partial charge in [-0.1, -0.05) is 6.92 Å². The van der Waals surface area contributed by atoms with Crippen LogP contribution in [0.5, 0.6) is 0 Å². The van der Waals surface area contributed by atoms with Crippen LogP contribution in [0.25, 0.3) is 0 Å². The molecule has 0 bridgehead atoms. The fourth-order valence-electron chi connectivity index (χ4n) is 3.37. The Morgan fingerprint density at radius 1 is 1.32 bits per heavy atom. The number of benzene rings is 1. The molecule has 0 saturated carbocycles. The van der Waals surface area contributed by atoms with Crippen LogP contribution >= 0.6 is 0 Å².